The molecule has 2 rings (SSSR count). The molecule has 1 N–H and O–H groups in total. The third-order valence-electron chi connectivity index (χ3n) is 2.74. The molecule has 0 spiro atoms. The zero-order valence-electron chi connectivity index (χ0n) is 11.9. The molecule has 0 bridgehead atoms. The molecule has 0 fully saturated rings. The number of sulfone groups is 1. The van der Waals surface area contributed by atoms with E-state index in [0.29, 0.717) is 0 Å². The van der Waals surface area contributed by atoms with Crippen molar-refractivity contribution in [2.24, 2.45) is 0 Å². The van der Waals surface area contributed by atoms with Gasteiger partial charge in [0.25, 0.3) is 5.69 Å². The van der Waals surface area contributed by atoms with E-state index >= 15 is 0 Å². The minimum absolute atomic E-state index is 0. The Hall–Kier alpha value is -1.46. The Kier molecular flexibility index (Phi) is 6.71. The quantitative estimate of drug-likeness (QED) is 0.352. The van der Waals surface area contributed by atoms with Crippen molar-refractivity contribution in [3.8, 4) is 0 Å². The molecule has 0 aromatic heterocycles. The number of hydrogen-bond donors (Lipinski definition) is 2. The van der Waals surface area contributed by atoms with E-state index in [1.165, 1.54) is 24.3 Å². The van der Waals surface area contributed by atoms with Crippen LogP contribution in [0.2, 0.25) is 0 Å². The first kappa shape index (κ1) is 19.6. The number of nitrogens with one attached hydrogen (secondary N) is 1. The maximum absolute atomic E-state index is 12.3. The predicted octanol–water partition coefficient (Wildman–Crippen LogP) is 0.985. The molecule has 0 aliphatic heterocycles. The third-order valence-corrected chi connectivity index (χ3v) is 4.97. The molecular formula is C12H10N2NaO6S2. The van der Waals surface area contributed by atoms with Gasteiger partial charge in [0.15, 0.2) is 0 Å². The Morgan fingerprint density at radius 1 is 0.913 bits per heavy atom. The van der Waals surface area contributed by atoms with Crippen LogP contribution < -0.4 is 4.72 Å². The molecule has 0 aliphatic rings. The van der Waals surface area contributed by atoms with Crippen molar-refractivity contribution in [3.05, 3.63) is 58.6 Å². The van der Waals surface area contributed by atoms with Crippen LogP contribution in [-0.2, 0) is 20.7 Å². The van der Waals surface area contributed by atoms with E-state index in [1.54, 1.807) is 0 Å². The number of nitro groups is 1. The van der Waals surface area contributed by atoms with E-state index in [9.17, 15) is 26.9 Å². The van der Waals surface area contributed by atoms with Crippen LogP contribution in [0.25, 0.3) is 0 Å². The molecule has 11 heteroatoms. The Labute approximate surface area is 156 Å². The van der Waals surface area contributed by atoms with Crippen LogP contribution in [0.1, 0.15) is 0 Å². The summed E-state index contributed by atoms with van der Waals surface area (Å²) >= 11 is 0. The summed E-state index contributed by atoms with van der Waals surface area (Å²) in [6, 6.07) is 9.61. The van der Waals surface area contributed by atoms with Gasteiger partial charge in [0.2, 0.25) is 20.7 Å². The molecule has 0 saturated carbocycles. The normalized spacial score (nSPS) is 10.8. The fourth-order valence-electron chi connectivity index (χ4n) is 1.70. The fourth-order valence-corrected chi connectivity index (χ4v) is 3.32. The second kappa shape index (κ2) is 7.88. The average molecular weight is 365 g/mol. The smallest absolute Gasteiger partial charge is 0.269 e. The summed E-state index contributed by atoms with van der Waals surface area (Å²) in [5, 5.41) is 10.6. The van der Waals surface area contributed by atoms with Crippen LogP contribution in [0.4, 0.5) is 11.4 Å². The van der Waals surface area contributed by atoms with E-state index in [2.05, 4.69) is 4.72 Å². The van der Waals surface area contributed by atoms with Crippen LogP contribution >= 0.6 is 0 Å². The van der Waals surface area contributed by atoms with Crippen molar-refractivity contribution in [2.45, 2.75) is 9.79 Å². The molecule has 1 radical (unpaired) electrons. The maximum Gasteiger partial charge on any atom is 0.269 e. The van der Waals surface area contributed by atoms with E-state index in [4.69, 9.17) is 0 Å². The first-order chi connectivity index (χ1) is 10.3. The Bertz CT molecular complexity index is 869. The molecule has 23 heavy (non-hydrogen) atoms. The van der Waals surface area contributed by atoms with Gasteiger partial charge in [-0.1, -0.05) is 0 Å². The Morgan fingerprint density at radius 3 is 1.74 bits per heavy atom. The largest absolute Gasteiger partial charge is 0.286 e. The molecule has 0 atom stereocenters. The standard InChI is InChI=1S/C12H10N2O6S2.Na/c15-14(16)10-3-7-12(8-4-10)22(19,20)11-5-1-9(2-6-11)13-21(17)18;/h1-8,21H,(H,13,17,18);. The summed E-state index contributed by atoms with van der Waals surface area (Å²) in [5.41, 5.74) is 0.0245. The summed E-state index contributed by atoms with van der Waals surface area (Å²) in [7, 11) is -6.66. The summed E-state index contributed by atoms with van der Waals surface area (Å²) in [4.78, 5) is 9.80. The molecular weight excluding hydrogens is 355 g/mol. The summed E-state index contributed by atoms with van der Waals surface area (Å²) in [6.07, 6.45) is 0. The van der Waals surface area contributed by atoms with Gasteiger partial charge in [-0.3, -0.25) is 14.8 Å². The molecule has 0 amide bonds. The Balaban J connectivity index is 0.00000264. The predicted molar refractivity (Wildman–Crippen MR) is 84.7 cm³/mol. The van der Waals surface area contributed by atoms with Gasteiger partial charge in [-0.2, -0.15) is 0 Å². The molecule has 0 saturated heterocycles. The minimum Gasteiger partial charge on any atom is -0.286 e. The van der Waals surface area contributed by atoms with Crippen LogP contribution in [-0.4, -0.2) is 51.3 Å². The number of rotatable bonds is 5. The third kappa shape index (κ3) is 4.75. The van der Waals surface area contributed by atoms with Gasteiger partial charge in [-0.25, -0.2) is 16.8 Å². The molecule has 117 valence electrons. The minimum atomic E-state index is -3.83. The summed E-state index contributed by atoms with van der Waals surface area (Å²) in [6.45, 7) is 0. The number of non-ortho nitro benzene ring substituents is 1. The number of nitrogens with zero attached hydrogens (tertiary/aromatic N) is 1. The van der Waals surface area contributed by atoms with Crippen molar-refractivity contribution in [2.75, 3.05) is 4.72 Å². The average Bonchev–Trinajstić information content (AvgIpc) is 2.47. The molecule has 8 nitrogen and oxygen atoms in total. The number of nitro benzene ring substituents is 1. The van der Waals surface area contributed by atoms with Crippen LogP contribution in [0.3, 0.4) is 0 Å². The first-order valence-corrected chi connectivity index (χ1v) is 8.47. The van der Waals surface area contributed by atoms with Gasteiger partial charge >= 0.3 is 0 Å². The number of thiol groups is 1. The van der Waals surface area contributed by atoms with Gasteiger partial charge < -0.3 is 0 Å². The zero-order valence-corrected chi connectivity index (χ0v) is 15.6. The van der Waals surface area contributed by atoms with Crippen LogP contribution in [0.15, 0.2) is 58.3 Å². The second-order valence-corrected chi connectivity index (χ2v) is 6.84. The topological polar surface area (TPSA) is 123 Å². The van der Waals surface area contributed by atoms with Crippen molar-refractivity contribution in [1.82, 2.24) is 0 Å². The summed E-state index contributed by atoms with van der Waals surface area (Å²) < 4.78 is 47.8. The van der Waals surface area contributed by atoms with Crippen LogP contribution in [0.5, 0.6) is 0 Å². The zero-order chi connectivity index (χ0) is 16.3. The van der Waals surface area contributed by atoms with Gasteiger partial charge in [-0.15, -0.1) is 0 Å². The number of anilines is 1. The maximum atomic E-state index is 12.3. The van der Waals surface area contributed by atoms with Crippen molar-refractivity contribution in [1.29, 1.82) is 0 Å². The van der Waals surface area contributed by atoms with Crippen molar-refractivity contribution < 1.29 is 21.8 Å². The Morgan fingerprint density at radius 2 is 1.35 bits per heavy atom. The van der Waals surface area contributed by atoms with Gasteiger partial charge in [0.1, 0.15) is 0 Å². The van der Waals surface area contributed by atoms with Gasteiger partial charge in [-0.05, 0) is 36.4 Å². The monoisotopic (exact) mass is 365 g/mol. The van der Waals surface area contributed by atoms with E-state index in [1.807, 2.05) is 0 Å². The number of hydrogen-bond acceptors (Lipinski definition) is 6. The molecule has 0 aliphatic carbocycles. The SMILES string of the molecule is O=[N+]([O-])c1ccc(S(=O)(=O)c2ccc(N[SH](=O)=O)cc2)cc1.[Na]. The van der Waals surface area contributed by atoms with E-state index in [-0.39, 0.29) is 50.7 Å². The van der Waals surface area contributed by atoms with Gasteiger partial charge in [0.05, 0.1) is 14.7 Å². The summed E-state index contributed by atoms with van der Waals surface area (Å²) in [5.74, 6) is 0. The van der Waals surface area contributed by atoms with Crippen LogP contribution in [0, 0.1) is 10.1 Å². The van der Waals surface area contributed by atoms with Gasteiger partial charge in [0, 0.05) is 47.4 Å². The second-order valence-electron chi connectivity index (χ2n) is 4.15. The molecule has 2 aromatic rings. The first-order valence-electron chi connectivity index (χ1n) is 5.81. The van der Waals surface area contributed by atoms with E-state index in [0.717, 1.165) is 24.3 Å². The van der Waals surface area contributed by atoms with Crippen molar-refractivity contribution >= 4 is 61.7 Å². The molecule has 0 unspecified atom stereocenters. The van der Waals surface area contributed by atoms with E-state index < -0.39 is 25.7 Å². The number of benzene rings is 2. The molecule has 0 heterocycles. The molecule has 2 aromatic carbocycles. The van der Waals surface area contributed by atoms with Crippen molar-refractivity contribution in [3.63, 3.8) is 0 Å². The fraction of sp³-hybridized carbons (Fsp3) is 0.